The molecule has 1 amide bonds. The van der Waals surface area contributed by atoms with Gasteiger partial charge in [0.1, 0.15) is 17.5 Å². The zero-order valence-electron chi connectivity index (χ0n) is 20.2. The summed E-state index contributed by atoms with van der Waals surface area (Å²) in [6, 6.07) is 3.19. The number of nitrogens with one attached hydrogen (secondary N) is 2. The number of ether oxygens (including phenoxy) is 1. The third-order valence-corrected chi connectivity index (χ3v) is 5.44. The van der Waals surface area contributed by atoms with Gasteiger partial charge in [0, 0.05) is 25.3 Å². The van der Waals surface area contributed by atoms with Gasteiger partial charge in [-0.05, 0) is 83.9 Å². The number of hydrogen-bond donors (Lipinski definition) is 3. The maximum atomic E-state index is 12.7. The molecule has 0 bridgehead atoms. The first-order valence-corrected chi connectivity index (χ1v) is 11.9. The van der Waals surface area contributed by atoms with Crippen molar-refractivity contribution >= 4 is 17.9 Å². The molecule has 1 aliphatic rings. The number of halogens is 1. The third kappa shape index (κ3) is 10.4. The van der Waals surface area contributed by atoms with E-state index >= 15 is 0 Å². The zero-order valence-corrected chi connectivity index (χ0v) is 20.2. The fourth-order valence-corrected chi connectivity index (χ4v) is 3.79. The first kappa shape index (κ1) is 26.8. The Labute approximate surface area is 196 Å². The summed E-state index contributed by atoms with van der Waals surface area (Å²) >= 11 is 0. The van der Waals surface area contributed by atoms with Crippen molar-refractivity contribution in [2.75, 3.05) is 38.2 Å². The smallest absolute Gasteiger partial charge is 0.408 e. The van der Waals surface area contributed by atoms with Crippen LogP contribution in [0.2, 0.25) is 0 Å². The monoisotopic (exact) mass is 466 g/mol. The molecule has 33 heavy (non-hydrogen) atoms. The van der Waals surface area contributed by atoms with Crippen molar-refractivity contribution in [1.82, 2.24) is 15.2 Å². The molecule has 8 nitrogen and oxygen atoms in total. The van der Waals surface area contributed by atoms with Gasteiger partial charge in [-0.1, -0.05) is 6.07 Å². The molecule has 2 rings (SSSR count). The van der Waals surface area contributed by atoms with Crippen LogP contribution in [0.1, 0.15) is 64.1 Å². The van der Waals surface area contributed by atoms with Crippen molar-refractivity contribution in [2.24, 2.45) is 0 Å². The number of carboxylic acid groups (broad SMARTS) is 1. The second-order valence-corrected chi connectivity index (χ2v) is 9.51. The number of hydrogen-bond acceptors (Lipinski definition) is 6. The van der Waals surface area contributed by atoms with Crippen molar-refractivity contribution in [3.63, 3.8) is 0 Å². The molecule has 9 heteroatoms. The van der Waals surface area contributed by atoms with E-state index < -0.39 is 30.4 Å². The van der Waals surface area contributed by atoms with Crippen molar-refractivity contribution in [2.45, 2.75) is 77.4 Å². The van der Waals surface area contributed by atoms with Gasteiger partial charge in [-0.3, -0.25) is 4.39 Å². The lowest BCUT2D eigenvalue weighted by molar-refractivity contribution is -0.139. The molecule has 0 aliphatic carbocycles. The Morgan fingerprint density at radius 1 is 1.24 bits per heavy atom. The van der Waals surface area contributed by atoms with Gasteiger partial charge < -0.3 is 25.4 Å². The summed E-state index contributed by atoms with van der Waals surface area (Å²) in [7, 11) is 0. The highest BCUT2D eigenvalue weighted by molar-refractivity contribution is 5.80. The lowest BCUT2D eigenvalue weighted by Crippen LogP contribution is -2.45. The topological polar surface area (TPSA) is 104 Å². The number of amides is 1. The Kier molecular flexibility index (Phi) is 10.8. The predicted octanol–water partition coefficient (Wildman–Crippen LogP) is 3.79. The largest absolute Gasteiger partial charge is 0.480 e. The number of unbranched alkanes of at least 4 members (excludes halogenated alkanes) is 1. The van der Waals surface area contributed by atoms with E-state index in [0.29, 0.717) is 19.5 Å². The van der Waals surface area contributed by atoms with Crippen LogP contribution in [0.5, 0.6) is 0 Å². The highest BCUT2D eigenvalue weighted by Gasteiger charge is 2.24. The first-order valence-electron chi connectivity index (χ1n) is 11.9. The molecular weight excluding hydrogens is 427 g/mol. The first-order chi connectivity index (χ1) is 15.7. The molecule has 1 aromatic rings. The van der Waals surface area contributed by atoms with Crippen LogP contribution < -0.4 is 10.6 Å². The maximum absolute atomic E-state index is 12.7. The van der Waals surface area contributed by atoms with Gasteiger partial charge in [0.15, 0.2) is 0 Å². The molecule has 0 saturated carbocycles. The van der Waals surface area contributed by atoms with Crippen molar-refractivity contribution < 1.29 is 23.8 Å². The van der Waals surface area contributed by atoms with Gasteiger partial charge in [0.25, 0.3) is 0 Å². The highest BCUT2D eigenvalue weighted by Crippen LogP contribution is 2.20. The van der Waals surface area contributed by atoms with Gasteiger partial charge in [0.05, 0.1) is 6.67 Å². The molecule has 0 radical (unpaired) electrons. The number of aromatic nitrogens is 1. The Bertz CT molecular complexity index is 769. The van der Waals surface area contributed by atoms with Crippen LogP contribution in [0, 0.1) is 0 Å². The molecular formula is C24H39FN4O4. The number of nitrogens with zero attached hydrogens (tertiary/aromatic N) is 2. The fourth-order valence-electron chi connectivity index (χ4n) is 3.79. The van der Waals surface area contributed by atoms with E-state index in [1.807, 2.05) is 0 Å². The predicted molar refractivity (Wildman–Crippen MR) is 126 cm³/mol. The zero-order chi connectivity index (χ0) is 24.3. The number of fused-ring (bicyclic) bond motifs is 1. The highest BCUT2D eigenvalue weighted by atomic mass is 19.1. The summed E-state index contributed by atoms with van der Waals surface area (Å²) < 4.78 is 17.9. The summed E-state index contributed by atoms with van der Waals surface area (Å²) in [6.07, 6.45) is 4.78. The quantitative estimate of drug-likeness (QED) is 0.380. The van der Waals surface area contributed by atoms with Gasteiger partial charge in [-0.25, -0.2) is 14.6 Å². The fraction of sp³-hybridized carbons (Fsp3) is 0.708. The number of alkyl carbamates (subject to hydrolysis) is 1. The molecule has 186 valence electrons. The number of rotatable bonds is 13. The number of carboxylic acids is 1. The van der Waals surface area contributed by atoms with Crippen molar-refractivity contribution in [3.05, 3.63) is 23.4 Å². The van der Waals surface area contributed by atoms with Crippen molar-refractivity contribution in [3.8, 4) is 0 Å². The average molecular weight is 467 g/mol. The normalized spacial score (nSPS) is 14.3. The SMILES string of the molecule is CC(C)(C)OC(=O)NC(CCN(CCCF)CCCCc1ccc2c(n1)NCCC2)C(=O)O. The maximum Gasteiger partial charge on any atom is 0.408 e. The van der Waals surface area contributed by atoms with Crippen LogP contribution in [-0.2, 0) is 22.4 Å². The molecule has 1 aliphatic heterocycles. The Balaban J connectivity index is 1.80. The Hall–Kier alpha value is -2.42. The standard InChI is InChI=1S/C24H39FN4O4/c1-24(2,3)33-23(32)28-20(22(30)31)12-17-29(16-7-13-25)15-5-4-9-19-11-10-18-8-6-14-26-21(18)27-19/h10-11,20H,4-9,12-17H2,1-3H3,(H,26,27)(H,28,32)(H,30,31). The molecule has 2 heterocycles. The minimum Gasteiger partial charge on any atom is -0.480 e. The minimum absolute atomic E-state index is 0.221. The van der Waals surface area contributed by atoms with Crippen molar-refractivity contribution in [1.29, 1.82) is 0 Å². The van der Waals surface area contributed by atoms with E-state index in [-0.39, 0.29) is 6.42 Å². The summed E-state index contributed by atoms with van der Waals surface area (Å²) in [4.78, 5) is 30.3. The van der Waals surface area contributed by atoms with Gasteiger partial charge in [-0.15, -0.1) is 0 Å². The van der Waals surface area contributed by atoms with E-state index in [0.717, 1.165) is 56.7 Å². The van der Waals surface area contributed by atoms with E-state index in [9.17, 15) is 19.1 Å². The lowest BCUT2D eigenvalue weighted by Gasteiger charge is -2.25. The third-order valence-electron chi connectivity index (χ3n) is 5.44. The molecule has 0 spiro atoms. The number of carbonyl (C=O) groups excluding carboxylic acids is 1. The Morgan fingerprint density at radius 3 is 2.70 bits per heavy atom. The Morgan fingerprint density at radius 2 is 2.00 bits per heavy atom. The molecule has 3 N–H and O–H groups in total. The average Bonchev–Trinajstić information content (AvgIpc) is 2.75. The molecule has 1 unspecified atom stereocenters. The summed E-state index contributed by atoms with van der Waals surface area (Å²) in [5.74, 6) is -0.112. The van der Waals surface area contributed by atoms with Crippen LogP contribution in [0.15, 0.2) is 12.1 Å². The van der Waals surface area contributed by atoms with Gasteiger partial charge in [-0.2, -0.15) is 0 Å². The molecule has 1 aromatic heterocycles. The molecule has 0 fully saturated rings. The molecule has 0 saturated heterocycles. The van der Waals surface area contributed by atoms with Gasteiger partial charge in [0.2, 0.25) is 0 Å². The summed E-state index contributed by atoms with van der Waals surface area (Å²) in [5, 5.41) is 15.3. The van der Waals surface area contributed by atoms with Crippen LogP contribution in [0.4, 0.5) is 15.0 Å². The number of carbonyl (C=O) groups is 2. The van der Waals surface area contributed by atoms with Crippen LogP contribution in [-0.4, -0.2) is 71.5 Å². The second-order valence-electron chi connectivity index (χ2n) is 9.51. The summed E-state index contributed by atoms with van der Waals surface area (Å²) in [5.41, 5.74) is 1.63. The number of aryl methyl sites for hydroxylation is 2. The summed E-state index contributed by atoms with van der Waals surface area (Å²) in [6.45, 7) is 7.45. The second kappa shape index (κ2) is 13.3. The van der Waals surface area contributed by atoms with E-state index in [2.05, 4.69) is 27.7 Å². The number of pyridine rings is 1. The minimum atomic E-state index is -1.11. The van der Waals surface area contributed by atoms with E-state index in [1.165, 1.54) is 5.56 Å². The van der Waals surface area contributed by atoms with Crippen LogP contribution >= 0.6 is 0 Å². The van der Waals surface area contributed by atoms with E-state index in [1.54, 1.807) is 20.8 Å². The number of alkyl halides is 1. The van der Waals surface area contributed by atoms with Crippen LogP contribution in [0.25, 0.3) is 0 Å². The lowest BCUT2D eigenvalue weighted by atomic mass is 10.1. The van der Waals surface area contributed by atoms with Crippen LogP contribution in [0.3, 0.4) is 0 Å². The molecule has 1 atom stereocenters. The van der Waals surface area contributed by atoms with E-state index in [4.69, 9.17) is 9.72 Å². The molecule has 0 aromatic carbocycles. The number of anilines is 1. The van der Waals surface area contributed by atoms with Gasteiger partial charge >= 0.3 is 12.1 Å². The number of aliphatic carboxylic acids is 1.